The van der Waals surface area contributed by atoms with E-state index in [1.54, 1.807) is 42.5 Å². The number of carboxylic acid groups (broad SMARTS) is 1. The van der Waals surface area contributed by atoms with E-state index in [1.807, 2.05) is 0 Å². The average molecular weight is 545 g/mol. The highest BCUT2D eigenvalue weighted by Crippen LogP contribution is 2.35. The summed E-state index contributed by atoms with van der Waals surface area (Å²) in [6, 6.07) is 14.5. The Morgan fingerprint density at radius 1 is 1.00 bits per heavy atom. The number of hydrogen-bond donors (Lipinski definition) is 2. The van der Waals surface area contributed by atoms with Crippen molar-refractivity contribution in [2.45, 2.75) is 50.8 Å². The van der Waals surface area contributed by atoms with Gasteiger partial charge in [0.25, 0.3) is 5.91 Å². The molecule has 1 aliphatic rings. The molecule has 0 unspecified atom stereocenters. The number of amides is 1. The van der Waals surface area contributed by atoms with Crippen LogP contribution < -0.4 is 10.1 Å². The number of ketones is 1. The lowest BCUT2D eigenvalue weighted by atomic mass is 9.87. The zero-order chi connectivity index (χ0) is 28.0. The number of nitrogens with one attached hydrogen (secondary N) is 1. The summed E-state index contributed by atoms with van der Waals surface area (Å²) >= 11 is 0. The number of aliphatic carboxylic acids is 1. The molecule has 11 heteroatoms. The molecular weight excluding hydrogens is 517 g/mol. The lowest BCUT2D eigenvalue weighted by Gasteiger charge is -2.26. The van der Waals surface area contributed by atoms with Crippen LogP contribution in [0.1, 0.15) is 65.1 Å². The minimum absolute atomic E-state index is 0.0321. The molecule has 0 saturated heterocycles. The van der Waals surface area contributed by atoms with Crippen LogP contribution in [0.2, 0.25) is 0 Å². The van der Waals surface area contributed by atoms with E-state index in [0.29, 0.717) is 42.6 Å². The molecule has 4 rings (SSSR count). The summed E-state index contributed by atoms with van der Waals surface area (Å²) in [7, 11) is 0. The van der Waals surface area contributed by atoms with Crippen molar-refractivity contribution in [1.29, 1.82) is 0 Å². The monoisotopic (exact) mass is 544 g/mol. The van der Waals surface area contributed by atoms with E-state index in [1.165, 1.54) is 12.1 Å². The van der Waals surface area contributed by atoms with Gasteiger partial charge in [-0.05, 0) is 68.5 Å². The molecule has 0 radical (unpaired) electrons. The number of aromatic nitrogens is 1. The maximum absolute atomic E-state index is 13.4. The second-order valence-corrected chi connectivity index (χ2v) is 9.30. The highest BCUT2D eigenvalue weighted by Gasteiger charge is 2.41. The van der Waals surface area contributed by atoms with Gasteiger partial charge in [-0.2, -0.15) is 13.2 Å². The molecule has 1 fully saturated rings. The van der Waals surface area contributed by atoms with Crippen molar-refractivity contribution in [1.82, 2.24) is 10.3 Å². The van der Waals surface area contributed by atoms with Gasteiger partial charge < -0.3 is 19.6 Å². The van der Waals surface area contributed by atoms with E-state index in [0.717, 1.165) is 0 Å². The van der Waals surface area contributed by atoms with Gasteiger partial charge in [-0.1, -0.05) is 18.2 Å². The molecule has 3 aromatic rings. The number of carbonyl (C=O) groups excluding carboxylic acids is 2. The maximum atomic E-state index is 13.4. The van der Waals surface area contributed by atoms with E-state index >= 15 is 0 Å². The lowest BCUT2D eigenvalue weighted by molar-refractivity contribution is -0.153. The van der Waals surface area contributed by atoms with Gasteiger partial charge in [0.1, 0.15) is 5.75 Å². The van der Waals surface area contributed by atoms with Crippen LogP contribution in [-0.4, -0.2) is 40.4 Å². The minimum atomic E-state index is -4.91. The first-order valence-corrected chi connectivity index (χ1v) is 12.6. The van der Waals surface area contributed by atoms with Gasteiger partial charge in [0.15, 0.2) is 11.5 Å². The maximum Gasteiger partial charge on any atom is 0.452 e. The van der Waals surface area contributed by atoms with Gasteiger partial charge in [0.05, 0.1) is 12.0 Å². The molecule has 1 amide bonds. The summed E-state index contributed by atoms with van der Waals surface area (Å²) in [4.78, 5) is 39.8. The van der Waals surface area contributed by atoms with Gasteiger partial charge in [-0.15, -0.1) is 0 Å². The summed E-state index contributed by atoms with van der Waals surface area (Å²) in [5, 5.41) is 11.5. The molecule has 0 spiro atoms. The quantitative estimate of drug-likeness (QED) is 0.246. The molecule has 0 bridgehead atoms. The average Bonchev–Trinajstić information content (AvgIpc) is 3.39. The number of rotatable bonds is 10. The number of carbonyl (C=O) groups is 3. The third kappa shape index (κ3) is 7.24. The minimum Gasteiger partial charge on any atom is -0.490 e. The SMILES string of the molecule is O=C(CCCNC(=O)c1nc(-c2ccccc2)oc1C(F)(F)F)c1ccc(OC2CCC(C(=O)O)CC2)cc1. The smallest absolute Gasteiger partial charge is 0.452 e. The molecule has 2 aromatic carbocycles. The van der Waals surface area contributed by atoms with Crippen LogP contribution in [-0.2, 0) is 11.0 Å². The van der Waals surface area contributed by atoms with Crippen molar-refractivity contribution in [3.63, 3.8) is 0 Å². The number of Topliss-reactive ketones (excluding diaryl/α,β-unsaturated/α-hetero) is 1. The number of carboxylic acids is 1. The van der Waals surface area contributed by atoms with Crippen LogP contribution >= 0.6 is 0 Å². The second-order valence-electron chi connectivity index (χ2n) is 9.30. The molecule has 1 saturated carbocycles. The van der Waals surface area contributed by atoms with Crippen LogP contribution in [0.5, 0.6) is 5.75 Å². The molecule has 1 aromatic heterocycles. The van der Waals surface area contributed by atoms with E-state index in [2.05, 4.69) is 10.3 Å². The number of halogens is 3. The zero-order valence-corrected chi connectivity index (χ0v) is 20.9. The third-order valence-electron chi connectivity index (χ3n) is 6.49. The molecule has 2 N–H and O–H groups in total. The molecule has 8 nitrogen and oxygen atoms in total. The Morgan fingerprint density at radius 3 is 2.28 bits per heavy atom. The highest BCUT2D eigenvalue weighted by atomic mass is 19.4. The molecule has 39 heavy (non-hydrogen) atoms. The summed E-state index contributed by atoms with van der Waals surface area (Å²) in [5.74, 6) is -3.56. The molecule has 0 aliphatic heterocycles. The van der Waals surface area contributed by atoms with Crippen molar-refractivity contribution in [2.75, 3.05) is 6.54 Å². The van der Waals surface area contributed by atoms with Gasteiger partial charge >= 0.3 is 12.1 Å². The Hall–Kier alpha value is -4.15. The lowest BCUT2D eigenvalue weighted by Crippen LogP contribution is -2.27. The Kier molecular flexibility index (Phi) is 8.68. The fourth-order valence-corrected chi connectivity index (χ4v) is 4.39. The van der Waals surface area contributed by atoms with Crippen LogP contribution in [0, 0.1) is 5.92 Å². The van der Waals surface area contributed by atoms with Crippen LogP contribution in [0.3, 0.4) is 0 Å². The number of alkyl halides is 3. The van der Waals surface area contributed by atoms with Gasteiger partial charge in [-0.3, -0.25) is 14.4 Å². The first-order chi connectivity index (χ1) is 18.6. The number of benzene rings is 2. The third-order valence-corrected chi connectivity index (χ3v) is 6.49. The Bertz CT molecular complexity index is 1300. The summed E-state index contributed by atoms with van der Waals surface area (Å²) in [5.41, 5.74) is -0.124. The Labute approximate surface area is 222 Å². The normalized spacial score (nSPS) is 17.4. The van der Waals surface area contributed by atoms with Gasteiger partial charge in [0, 0.05) is 24.1 Å². The van der Waals surface area contributed by atoms with E-state index in [4.69, 9.17) is 14.3 Å². The standard InChI is InChI=1S/C28H27F3N2O6/c29-28(30,31)24-23(33-26(39-24)18-5-2-1-3-6-18)25(35)32-16-4-7-22(34)17-8-12-20(13-9-17)38-21-14-10-19(11-15-21)27(36)37/h1-3,5-6,8-9,12-13,19,21H,4,7,10-11,14-16H2,(H,32,35)(H,36,37). The number of nitrogens with zero attached hydrogens (tertiary/aromatic N) is 1. The Balaban J connectivity index is 1.26. The van der Waals surface area contributed by atoms with Crippen molar-refractivity contribution < 1.29 is 41.8 Å². The van der Waals surface area contributed by atoms with E-state index in [-0.39, 0.29) is 43.1 Å². The summed E-state index contributed by atoms with van der Waals surface area (Å²) < 4.78 is 51.1. The molecule has 0 atom stereocenters. The number of hydrogen-bond acceptors (Lipinski definition) is 6. The van der Waals surface area contributed by atoms with Crippen LogP contribution in [0.25, 0.3) is 11.5 Å². The van der Waals surface area contributed by atoms with E-state index < -0.39 is 29.5 Å². The largest absolute Gasteiger partial charge is 0.490 e. The van der Waals surface area contributed by atoms with Crippen molar-refractivity contribution >= 4 is 17.7 Å². The molecule has 206 valence electrons. The summed E-state index contributed by atoms with van der Waals surface area (Å²) in [6.07, 6.45) is -2.27. The number of oxazole rings is 1. The van der Waals surface area contributed by atoms with Crippen molar-refractivity contribution in [2.24, 2.45) is 5.92 Å². The molecule has 1 aliphatic carbocycles. The highest BCUT2D eigenvalue weighted by molar-refractivity contribution is 5.96. The first kappa shape index (κ1) is 27.9. The molecular formula is C28H27F3N2O6. The number of ether oxygens (including phenoxy) is 1. The van der Waals surface area contributed by atoms with E-state index in [9.17, 15) is 27.6 Å². The summed E-state index contributed by atoms with van der Waals surface area (Å²) in [6.45, 7) is -0.0321. The Morgan fingerprint density at radius 2 is 1.67 bits per heavy atom. The molecule has 1 heterocycles. The fraction of sp³-hybridized carbons (Fsp3) is 0.357. The van der Waals surface area contributed by atoms with Crippen molar-refractivity contribution in [3.05, 3.63) is 71.6 Å². The predicted molar refractivity (Wildman–Crippen MR) is 133 cm³/mol. The van der Waals surface area contributed by atoms with Gasteiger partial charge in [-0.25, -0.2) is 4.98 Å². The second kappa shape index (κ2) is 12.1. The first-order valence-electron chi connectivity index (χ1n) is 12.6. The van der Waals surface area contributed by atoms with Gasteiger partial charge in [0.2, 0.25) is 11.7 Å². The van der Waals surface area contributed by atoms with Crippen LogP contribution in [0.15, 0.2) is 59.0 Å². The van der Waals surface area contributed by atoms with Crippen LogP contribution in [0.4, 0.5) is 13.2 Å². The zero-order valence-electron chi connectivity index (χ0n) is 20.9. The topological polar surface area (TPSA) is 119 Å². The predicted octanol–water partition coefficient (Wildman–Crippen LogP) is 5.78. The fourth-order valence-electron chi connectivity index (χ4n) is 4.39. The van der Waals surface area contributed by atoms with Crippen molar-refractivity contribution in [3.8, 4) is 17.2 Å².